The molecule has 3 fully saturated rings. The van der Waals surface area contributed by atoms with E-state index in [4.69, 9.17) is 0 Å². The first-order valence-corrected chi connectivity index (χ1v) is 9.07. The van der Waals surface area contributed by atoms with Crippen LogP contribution in [0, 0.1) is 29.1 Å². The van der Waals surface area contributed by atoms with Crippen LogP contribution >= 0.6 is 0 Å². The Morgan fingerprint density at radius 3 is 2.95 bits per heavy atom. The molecule has 4 aliphatic carbocycles. The fourth-order valence-corrected chi connectivity index (χ4v) is 6.55. The number of rotatable bonds is 1. The highest BCUT2D eigenvalue weighted by molar-refractivity contribution is 5.88. The van der Waals surface area contributed by atoms with Crippen molar-refractivity contribution >= 4 is 5.78 Å². The van der Waals surface area contributed by atoms with E-state index in [-0.39, 0.29) is 17.4 Å². The van der Waals surface area contributed by atoms with E-state index in [0.29, 0.717) is 18.1 Å². The molecule has 3 saturated carbocycles. The van der Waals surface area contributed by atoms with E-state index >= 15 is 0 Å². The molecule has 0 radical (unpaired) electrons. The third-order valence-electron chi connectivity index (χ3n) is 7.45. The molecule has 0 unspecified atom stereocenters. The Labute approximate surface area is 128 Å². The lowest BCUT2D eigenvalue weighted by atomic mass is 9.51. The maximum absolute atomic E-state index is 12.6. The van der Waals surface area contributed by atoms with Crippen LogP contribution in [0.1, 0.15) is 64.7 Å². The van der Waals surface area contributed by atoms with Gasteiger partial charge in [-0.25, -0.2) is 0 Å². The summed E-state index contributed by atoms with van der Waals surface area (Å²) in [6, 6.07) is 0. The second-order valence-electron chi connectivity index (χ2n) is 7.95. The summed E-state index contributed by atoms with van der Waals surface area (Å²) in [4.78, 5) is 12.6. The minimum atomic E-state index is -0.362. The largest absolute Gasteiger partial charge is 0.392 e. The zero-order valence-corrected chi connectivity index (χ0v) is 13.2. The molecule has 0 aliphatic heterocycles. The third kappa shape index (κ3) is 1.84. The van der Waals surface area contributed by atoms with Crippen molar-refractivity contribution in [2.24, 2.45) is 29.1 Å². The van der Waals surface area contributed by atoms with Gasteiger partial charge in [0.2, 0.25) is 0 Å². The second kappa shape index (κ2) is 4.94. The summed E-state index contributed by atoms with van der Waals surface area (Å²) < 4.78 is 0. The van der Waals surface area contributed by atoms with Gasteiger partial charge < -0.3 is 5.11 Å². The SMILES string of the molecule is CC[C@]12CC[C@H]3[C@@H](CCC4=CCCC[C@@H]43)[C@@H]1[C@@H](O)CC2=O. The van der Waals surface area contributed by atoms with Gasteiger partial charge in [-0.05, 0) is 69.1 Å². The van der Waals surface area contributed by atoms with Gasteiger partial charge in [-0.3, -0.25) is 4.79 Å². The number of aliphatic hydroxyl groups excluding tert-OH is 1. The number of fused-ring (bicyclic) bond motifs is 5. The van der Waals surface area contributed by atoms with Crippen molar-refractivity contribution in [3.05, 3.63) is 11.6 Å². The van der Waals surface area contributed by atoms with Crippen LogP contribution in [0.25, 0.3) is 0 Å². The Morgan fingerprint density at radius 2 is 2.14 bits per heavy atom. The third-order valence-corrected chi connectivity index (χ3v) is 7.45. The van der Waals surface area contributed by atoms with Gasteiger partial charge in [0.05, 0.1) is 6.10 Å². The van der Waals surface area contributed by atoms with Crippen LogP contribution in [0.4, 0.5) is 0 Å². The lowest BCUT2D eigenvalue weighted by Crippen LogP contribution is -2.49. The van der Waals surface area contributed by atoms with E-state index in [0.717, 1.165) is 24.7 Å². The maximum Gasteiger partial charge on any atom is 0.141 e. The molecule has 21 heavy (non-hydrogen) atoms. The zero-order valence-electron chi connectivity index (χ0n) is 13.2. The molecule has 0 aromatic rings. The molecular weight excluding hydrogens is 260 g/mol. The van der Waals surface area contributed by atoms with Gasteiger partial charge in [0, 0.05) is 17.8 Å². The minimum Gasteiger partial charge on any atom is -0.392 e. The Kier molecular flexibility index (Phi) is 3.29. The minimum absolute atomic E-state index is 0.170. The highest BCUT2D eigenvalue weighted by Crippen LogP contribution is 2.61. The van der Waals surface area contributed by atoms with E-state index in [1.54, 1.807) is 5.57 Å². The molecule has 0 aromatic carbocycles. The molecule has 0 aromatic heterocycles. The number of Topliss-reactive ketones (excluding diaryl/α,β-unsaturated/α-hetero) is 1. The Morgan fingerprint density at radius 1 is 1.29 bits per heavy atom. The number of ketones is 1. The first-order chi connectivity index (χ1) is 10.2. The molecule has 0 spiro atoms. The summed E-state index contributed by atoms with van der Waals surface area (Å²) in [5.41, 5.74) is 1.54. The van der Waals surface area contributed by atoms with Crippen molar-refractivity contribution in [2.75, 3.05) is 0 Å². The quantitative estimate of drug-likeness (QED) is 0.743. The number of aliphatic hydroxyl groups is 1. The molecule has 116 valence electrons. The molecule has 0 bridgehead atoms. The normalized spacial score (nSPS) is 49.1. The van der Waals surface area contributed by atoms with Crippen LogP contribution in [-0.4, -0.2) is 17.0 Å². The molecule has 1 N–H and O–H groups in total. The standard InChI is InChI=1S/C19H28O2/c1-2-19-10-9-14-13-6-4-3-5-12(13)7-8-15(14)18(19)16(20)11-17(19)21/h5,13-16,18,20H,2-4,6-11H2,1H3/t13-,14+,15+,16-,18+,19+/m0/s1. The predicted octanol–water partition coefficient (Wildman–Crippen LogP) is 3.88. The number of hydrogen-bond acceptors (Lipinski definition) is 2. The van der Waals surface area contributed by atoms with Crippen LogP contribution in [0.15, 0.2) is 11.6 Å². The van der Waals surface area contributed by atoms with Crippen LogP contribution in [-0.2, 0) is 4.79 Å². The first kappa shape index (κ1) is 14.0. The molecule has 2 heteroatoms. The fraction of sp³-hybridized carbons (Fsp3) is 0.842. The van der Waals surface area contributed by atoms with Crippen molar-refractivity contribution in [3.8, 4) is 0 Å². The number of hydrogen-bond donors (Lipinski definition) is 1. The number of carbonyl (C=O) groups is 1. The molecule has 6 atom stereocenters. The van der Waals surface area contributed by atoms with E-state index in [1.807, 2.05) is 0 Å². The van der Waals surface area contributed by atoms with E-state index in [1.165, 1.54) is 38.5 Å². The Bertz CT molecular complexity index is 480. The average molecular weight is 288 g/mol. The molecule has 0 saturated heterocycles. The van der Waals surface area contributed by atoms with Gasteiger partial charge in [0.25, 0.3) is 0 Å². The number of carbonyl (C=O) groups excluding carboxylic acids is 1. The molecular formula is C19H28O2. The molecule has 4 rings (SSSR count). The van der Waals surface area contributed by atoms with Gasteiger partial charge in [0.1, 0.15) is 5.78 Å². The summed E-state index contributed by atoms with van der Waals surface area (Å²) in [5.74, 6) is 2.74. The van der Waals surface area contributed by atoms with Gasteiger partial charge >= 0.3 is 0 Å². The van der Waals surface area contributed by atoms with Crippen LogP contribution in [0.3, 0.4) is 0 Å². The highest BCUT2D eigenvalue weighted by atomic mass is 16.3. The van der Waals surface area contributed by atoms with E-state index in [9.17, 15) is 9.90 Å². The van der Waals surface area contributed by atoms with E-state index in [2.05, 4.69) is 13.0 Å². The summed E-state index contributed by atoms with van der Waals surface area (Å²) in [6.07, 6.45) is 12.1. The topological polar surface area (TPSA) is 37.3 Å². The molecule has 0 heterocycles. The predicted molar refractivity (Wildman–Crippen MR) is 82.7 cm³/mol. The maximum atomic E-state index is 12.6. The summed E-state index contributed by atoms with van der Waals surface area (Å²) in [7, 11) is 0. The van der Waals surface area contributed by atoms with Crippen molar-refractivity contribution in [3.63, 3.8) is 0 Å². The molecule has 4 aliphatic rings. The Hall–Kier alpha value is -0.630. The van der Waals surface area contributed by atoms with Gasteiger partial charge in [-0.1, -0.05) is 18.6 Å². The second-order valence-corrected chi connectivity index (χ2v) is 7.95. The van der Waals surface area contributed by atoms with Crippen molar-refractivity contribution < 1.29 is 9.90 Å². The van der Waals surface area contributed by atoms with Crippen molar-refractivity contribution in [1.29, 1.82) is 0 Å². The van der Waals surface area contributed by atoms with E-state index < -0.39 is 0 Å². The zero-order chi connectivity index (χ0) is 14.6. The first-order valence-electron chi connectivity index (χ1n) is 9.07. The number of allylic oxidation sites excluding steroid dienone is 2. The summed E-state index contributed by atoms with van der Waals surface area (Å²) in [5, 5.41) is 10.6. The highest BCUT2D eigenvalue weighted by Gasteiger charge is 2.60. The average Bonchev–Trinajstić information content (AvgIpc) is 2.78. The monoisotopic (exact) mass is 288 g/mol. The van der Waals surface area contributed by atoms with Gasteiger partial charge in [-0.15, -0.1) is 0 Å². The molecule has 0 amide bonds. The Balaban J connectivity index is 1.68. The summed E-state index contributed by atoms with van der Waals surface area (Å²) >= 11 is 0. The van der Waals surface area contributed by atoms with Crippen LogP contribution in [0.2, 0.25) is 0 Å². The van der Waals surface area contributed by atoms with Crippen LogP contribution < -0.4 is 0 Å². The fourth-order valence-electron chi connectivity index (χ4n) is 6.55. The van der Waals surface area contributed by atoms with Gasteiger partial charge in [0.15, 0.2) is 0 Å². The molecule has 2 nitrogen and oxygen atoms in total. The van der Waals surface area contributed by atoms with Gasteiger partial charge in [-0.2, -0.15) is 0 Å². The van der Waals surface area contributed by atoms with Crippen LogP contribution in [0.5, 0.6) is 0 Å². The van der Waals surface area contributed by atoms with Crippen molar-refractivity contribution in [2.45, 2.75) is 70.8 Å². The van der Waals surface area contributed by atoms with Crippen molar-refractivity contribution in [1.82, 2.24) is 0 Å². The lowest BCUT2D eigenvalue weighted by Gasteiger charge is -2.53. The smallest absolute Gasteiger partial charge is 0.141 e. The lowest BCUT2D eigenvalue weighted by molar-refractivity contribution is -0.134. The summed E-state index contributed by atoms with van der Waals surface area (Å²) in [6.45, 7) is 2.16.